The van der Waals surface area contributed by atoms with Gasteiger partial charge in [-0.2, -0.15) is 0 Å². The first-order chi connectivity index (χ1) is 15.0. The highest BCUT2D eigenvalue weighted by Gasteiger charge is 2.07. The highest BCUT2D eigenvalue weighted by molar-refractivity contribution is 5.88. The van der Waals surface area contributed by atoms with Crippen LogP contribution in [0, 0.1) is 0 Å². The number of esters is 1. The lowest BCUT2D eigenvalue weighted by Crippen LogP contribution is -2.10. The van der Waals surface area contributed by atoms with E-state index in [2.05, 4.69) is 13.2 Å². The Labute approximate surface area is 181 Å². The second-order valence-corrected chi connectivity index (χ2v) is 6.75. The number of hydrogen-bond donors (Lipinski definition) is 0. The van der Waals surface area contributed by atoms with Gasteiger partial charge in [-0.25, -0.2) is 9.59 Å². The second-order valence-electron chi connectivity index (χ2n) is 6.75. The minimum atomic E-state index is -0.766. The van der Waals surface area contributed by atoms with Crippen molar-refractivity contribution in [3.05, 3.63) is 97.6 Å². The molecule has 0 aromatic heterocycles. The first-order valence-corrected chi connectivity index (χ1v) is 9.60. The number of ether oxygens (including phenoxy) is 3. The first kappa shape index (κ1) is 21.6. The molecule has 3 aromatic rings. The molecule has 3 aromatic carbocycles. The molecule has 3 rings (SSSR count). The molecule has 156 valence electrons. The summed E-state index contributed by atoms with van der Waals surface area (Å²) in [5, 5.41) is 0. The maximum Gasteiger partial charge on any atom is 0.514 e. The molecule has 0 radical (unpaired) electrons. The van der Waals surface area contributed by atoms with Gasteiger partial charge in [0.15, 0.2) is 0 Å². The molecule has 0 saturated carbocycles. The van der Waals surface area contributed by atoms with Gasteiger partial charge in [-0.1, -0.05) is 67.8 Å². The summed E-state index contributed by atoms with van der Waals surface area (Å²) in [5.74, 6) is 0.438. The van der Waals surface area contributed by atoms with Crippen LogP contribution in [-0.2, 0) is 9.53 Å². The zero-order valence-corrected chi connectivity index (χ0v) is 17.2. The smallest absolute Gasteiger partial charge is 0.430 e. The van der Waals surface area contributed by atoms with Crippen molar-refractivity contribution >= 4 is 12.1 Å². The van der Waals surface area contributed by atoms with E-state index < -0.39 is 12.1 Å². The molecule has 5 nitrogen and oxygen atoms in total. The van der Waals surface area contributed by atoms with Gasteiger partial charge in [-0.15, -0.1) is 0 Å². The van der Waals surface area contributed by atoms with E-state index in [1.807, 2.05) is 48.5 Å². The fourth-order valence-electron chi connectivity index (χ4n) is 2.73. The van der Waals surface area contributed by atoms with Crippen molar-refractivity contribution in [2.24, 2.45) is 0 Å². The fourth-order valence-corrected chi connectivity index (χ4v) is 2.73. The lowest BCUT2D eigenvalue weighted by atomic mass is 10.0. The second kappa shape index (κ2) is 10.1. The van der Waals surface area contributed by atoms with Gasteiger partial charge in [0.2, 0.25) is 0 Å². The van der Waals surface area contributed by atoms with Crippen LogP contribution >= 0.6 is 0 Å². The molecular formula is C26H22O5. The summed E-state index contributed by atoms with van der Waals surface area (Å²) < 4.78 is 15.1. The van der Waals surface area contributed by atoms with E-state index in [0.29, 0.717) is 17.1 Å². The molecule has 0 heterocycles. The third-order valence-corrected chi connectivity index (χ3v) is 4.34. The molecule has 0 spiro atoms. The molecular weight excluding hydrogens is 392 g/mol. The van der Waals surface area contributed by atoms with Crippen molar-refractivity contribution in [3.8, 4) is 33.8 Å². The maximum atomic E-state index is 11.6. The molecule has 0 fully saturated rings. The van der Waals surface area contributed by atoms with E-state index in [4.69, 9.17) is 14.2 Å². The summed E-state index contributed by atoms with van der Waals surface area (Å²) in [6.45, 7) is 8.76. The van der Waals surface area contributed by atoms with Gasteiger partial charge < -0.3 is 14.2 Å². The summed E-state index contributed by atoms with van der Waals surface area (Å²) in [6, 6.07) is 22.5. The Balaban J connectivity index is 1.66. The summed E-state index contributed by atoms with van der Waals surface area (Å²) >= 11 is 0. The minimum Gasteiger partial charge on any atom is -0.430 e. The lowest BCUT2D eigenvalue weighted by Gasteiger charge is -2.08. The molecule has 0 bridgehead atoms. The molecule has 0 aliphatic heterocycles. The minimum absolute atomic E-state index is 0.103. The van der Waals surface area contributed by atoms with Crippen molar-refractivity contribution in [1.29, 1.82) is 0 Å². The highest BCUT2D eigenvalue weighted by atomic mass is 16.7. The van der Waals surface area contributed by atoms with Gasteiger partial charge in [-0.05, 0) is 53.4 Å². The summed E-state index contributed by atoms with van der Waals surface area (Å²) in [5.41, 5.74) is 4.40. The Kier molecular flexibility index (Phi) is 7.01. The monoisotopic (exact) mass is 414 g/mol. The predicted molar refractivity (Wildman–Crippen MR) is 120 cm³/mol. The summed E-state index contributed by atoms with van der Waals surface area (Å²) in [6.07, 6.45) is 0.707. The predicted octanol–water partition coefficient (Wildman–Crippen LogP) is 6.20. The molecule has 0 aliphatic rings. The van der Waals surface area contributed by atoms with Crippen LogP contribution < -0.4 is 9.47 Å². The van der Waals surface area contributed by atoms with Crippen molar-refractivity contribution in [2.75, 3.05) is 6.61 Å². The molecule has 0 unspecified atom stereocenters. The van der Waals surface area contributed by atoms with Crippen LogP contribution in [0.25, 0.3) is 22.3 Å². The van der Waals surface area contributed by atoms with E-state index in [0.717, 1.165) is 22.3 Å². The SMILES string of the molecule is C=CCOC(=O)Oc1ccc(-c2ccc(-c3ccc(OC(=O)C(=C)C)cc3)cc2)cc1. The molecule has 0 amide bonds. The average Bonchev–Trinajstić information content (AvgIpc) is 2.79. The van der Waals surface area contributed by atoms with Crippen molar-refractivity contribution in [1.82, 2.24) is 0 Å². The Morgan fingerprint density at radius 2 is 1.13 bits per heavy atom. The van der Waals surface area contributed by atoms with E-state index in [1.165, 1.54) is 6.08 Å². The zero-order valence-electron chi connectivity index (χ0n) is 17.2. The van der Waals surface area contributed by atoms with Crippen molar-refractivity contribution in [2.45, 2.75) is 6.92 Å². The Hall–Kier alpha value is -4.12. The lowest BCUT2D eigenvalue weighted by molar-refractivity contribution is -0.130. The number of rotatable bonds is 7. The van der Waals surface area contributed by atoms with E-state index in [9.17, 15) is 9.59 Å². The summed E-state index contributed by atoms with van der Waals surface area (Å²) in [7, 11) is 0. The zero-order chi connectivity index (χ0) is 22.2. The van der Waals surface area contributed by atoms with Gasteiger partial charge in [0.25, 0.3) is 0 Å². The van der Waals surface area contributed by atoms with Crippen LogP contribution in [0.3, 0.4) is 0 Å². The third-order valence-electron chi connectivity index (χ3n) is 4.34. The van der Waals surface area contributed by atoms with Crippen LogP contribution in [0.2, 0.25) is 0 Å². The van der Waals surface area contributed by atoms with Crippen molar-refractivity contribution < 1.29 is 23.8 Å². The number of carbonyl (C=O) groups excluding carboxylic acids is 2. The Bertz CT molecular complexity index is 1080. The van der Waals surface area contributed by atoms with Crippen LogP contribution in [0.1, 0.15) is 6.92 Å². The first-order valence-electron chi connectivity index (χ1n) is 9.60. The standard InChI is InChI=1S/C26H22O5/c1-4-17-29-26(28)31-24-15-11-22(12-16-24)20-7-5-19(6-8-20)21-9-13-23(14-10-21)30-25(27)18(2)3/h4-16H,1-2,17H2,3H3. The molecule has 0 atom stereocenters. The maximum absolute atomic E-state index is 11.6. The van der Waals surface area contributed by atoms with Crippen LogP contribution in [-0.4, -0.2) is 18.7 Å². The van der Waals surface area contributed by atoms with Gasteiger partial charge >= 0.3 is 12.1 Å². The van der Waals surface area contributed by atoms with Gasteiger partial charge in [-0.3, -0.25) is 0 Å². The normalized spacial score (nSPS) is 10.1. The van der Waals surface area contributed by atoms with Gasteiger partial charge in [0.05, 0.1) is 0 Å². The number of carbonyl (C=O) groups is 2. The van der Waals surface area contributed by atoms with Gasteiger partial charge in [0, 0.05) is 5.57 Å². The quantitative estimate of drug-likeness (QED) is 0.151. The number of hydrogen-bond acceptors (Lipinski definition) is 5. The van der Waals surface area contributed by atoms with E-state index >= 15 is 0 Å². The molecule has 5 heteroatoms. The highest BCUT2D eigenvalue weighted by Crippen LogP contribution is 2.27. The Morgan fingerprint density at radius 1 is 0.742 bits per heavy atom. The Morgan fingerprint density at radius 3 is 1.52 bits per heavy atom. The largest absolute Gasteiger partial charge is 0.514 e. The van der Waals surface area contributed by atoms with Crippen molar-refractivity contribution in [3.63, 3.8) is 0 Å². The van der Waals surface area contributed by atoms with E-state index in [1.54, 1.807) is 31.2 Å². The molecule has 0 N–H and O–H groups in total. The molecule has 0 aliphatic carbocycles. The van der Waals surface area contributed by atoms with Crippen LogP contribution in [0.5, 0.6) is 11.5 Å². The topological polar surface area (TPSA) is 61.8 Å². The third kappa shape index (κ3) is 5.93. The molecule has 0 saturated heterocycles. The average molecular weight is 414 g/mol. The van der Waals surface area contributed by atoms with Crippen LogP contribution in [0.15, 0.2) is 97.6 Å². The van der Waals surface area contributed by atoms with Gasteiger partial charge in [0.1, 0.15) is 18.1 Å². The number of benzene rings is 3. The molecule has 31 heavy (non-hydrogen) atoms. The summed E-state index contributed by atoms with van der Waals surface area (Å²) in [4.78, 5) is 23.1. The fraction of sp³-hybridized carbons (Fsp3) is 0.0769. The van der Waals surface area contributed by atoms with Crippen LogP contribution in [0.4, 0.5) is 4.79 Å². The van der Waals surface area contributed by atoms with E-state index in [-0.39, 0.29) is 6.61 Å².